The summed E-state index contributed by atoms with van der Waals surface area (Å²) in [5, 5.41) is 0. The standard InChI is InChI=1S/C11H13BrO2/c1-7-4-9(12)5-8(2)11(7)10(13)6-14-3/h4-5H,6H2,1-3H3. The van der Waals surface area contributed by atoms with Crippen molar-refractivity contribution in [2.75, 3.05) is 13.7 Å². The predicted molar refractivity (Wildman–Crippen MR) is 59.8 cm³/mol. The van der Waals surface area contributed by atoms with Crippen molar-refractivity contribution < 1.29 is 9.53 Å². The third kappa shape index (κ3) is 2.42. The molecule has 0 aliphatic carbocycles. The molecule has 0 radical (unpaired) electrons. The molecular formula is C11H13BrO2. The molecule has 0 aliphatic rings. The Morgan fingerprint density at radius 3 is 2.29 bits per heavy atom. The van der Waals surface area contributed by atoms with Gasteiger partial charge in [0.1, 0.15) is 6.61 Å². The molecule has 14 heavy (non-hydrogen) atoms. The maximum absolute atomic E-state index is 11.7. The van der Waals surface area contributed by atoms with E-state index in [0.29, 0.717) is 0 Å². The van der Waals surface area contributed by atoms with Crippen molar-refractivity contribution in [3.05, 3.63) is 33.3 Å². The van der Waals surface area contributed by atoms with E-state index in [0.717, 1.165) is 21.2 Å². The number of ketones is 1. The van der Waals surface area contributed by atoms with Crippen LogP contribution in [-0.2, 0) is 4.74 Å². The van der Waals surface area contributed by atoms with Gasteiger partial charge in [0, 0.05) is 17.1 Å². The van der Waals surface area contributed by atoms with E-state index in [1.54, 1.807) is 0 Å². The van der Waals surface area contributed by atoms with Crippen molar-refractivity contribution >= 4 is 21.7 Å². The molecular weight excluding hydrogens is 244 g/mol. The summed E-state index contributed by atoms with van der Waals surface area (Å²) in [7, 11) is 1.53. The number of carbonyl (C=O) groups is 1. The van der Waals surface area contributed by atoms with Gasteiger partial charge in [0.15, 0.2) is 5.78 Å². The monoisotopic (exact) mass is 256 g/mol. The Morgan fingerprint density at radius 1 is 1.36 bits per heavy atom. The van der Waals surface area contributed by atoms with Crippen LogP contribution in [0.1, 0.15) is 21.5 Å². The first-order valence-corrected chi connectivity index (χ1v) is 5.14. The molecule has 0 aromatic heterocycles. The Kier molecular flexibility index (Phi) is 3.84. The third-order valence-electron chi connectivity index (χ3n) is 2.05. The predicted octanol–water partition coefficient (Wildman–Crippen LogP) is 2.90. The summed E-state index contributed by atoms with van der Waals surface area (Å²) in [6.07, 6.45) is 0. The second-order valence-corrected chi connectivity index (χ2v) is 4.19. The Hall–Kier alpha value is -0.670. The van der Waals surface area contributed by atoms with Crippen LogP contribution < -0.4 is 0 Å². The van der Waals surface area contributed by atoms with Gasteiger partial charge in [-0.15, -0.1) is 0 Å². The fourth-order valence-corrected chi connectivity index (χ4v) is 2.24. The van der Waals surface area contributed by atoms with Gasteiger partial charge >= 0.3 is 0 Å². The fraction of sp³-hybridized carbons (Fsp3) is 0.364. The minimum Gasteiger partial charge on any atom is -0.377 e. The van der Waals surface area contributed by atoms with Gasteiger partial charge in [-0.2, -0.15) is 0 Å². The lowest BCUT2D eigenvalue weighted by Gasteiger charge is -2.08. The van der Waals surface area contributed by atoms with Gasteiger partial charge in [0.25, 0.3) is 0 Å². The topological polar surface area (TPSA) is 26.3 Å². The van der Waals surface area contributed by atoms with E-state index < -0.39 is 0 Å². The molecule has 3 heteroatoms. The van der Waals surface area contributed by atoms with E-state index in [4.69, 9.17) is 4.74 Å². The SMILES string of the molecule is COCC(=O)c1c(C)cc(Br)cc1C. The number of aryl methyl sites for hydroxylation is 2. The van der Waals surface area contributed by atoms with E-state index >= 15 is 0 Å². The first kappa shape index (κ1) is 11.4. The Labute approximate surface area is 92.4 Å². The highest BCUT2D eigenvalue weighted by atomic mass is 79.9. The van der Waals surface area contributed by atoms with Crippen molar-refractivity contribution in [3.8, 4) is 0 Å². The van der Waals surface area contributed by atoms with Crippen molar-refractivity contribution in [1.82, 2.24) is 0 Å². The summed E-state index contributed by atoms with van der Waals surface area (Å²) >= 11 is 3.39. The molecule has 0 atom stereocenters. The molecule has 0 amide bonds. The molecule has 1 aromatic rings. The van der Waals surface area contributed by atoms with Gasteiger partial charge in [0.2, 0.25) is 0 Å². The molecule has 0 spiro atoms. The molecule has 1 aromatic carbocycles. The number of carbonyl (C=O) groups excluding carboxylic acids is 1. The molecule has 0 unspecified atom stereocenters. The Bertz CT molecular complexity index is 335. The van der Waals surface area contributed by atoms with Crippen molar-refractivity contribution in [1.29, 1.82) is 0 Å². The fourth-order valence-electron chi connectivity index (χ4n) is 1.55. The molecule has 0 N–H and O–H groups in total. The zero-order valence-electron chi connectivity index (χ0n) is 8.56. The minimum absolute atomic E-state index is 0.0370. The van der Waals surface area contributed by atoms with Crippen LogP contribution in [0.15, 0.2) is 16.6 Å². The van der Waals surface area contributed by atoms with Crippen LogP contribution in [0.3, 0.4) is 0 Å². The van der Waals surface area contributed by atoms with Crippen LogP contribution in [0.5, 0.6) is 0 Å². The lowest BCUT2D eigenvalue weighted by atomic mass is 10.00. The molecule has 0 fully saturated rings. The lowest BCUT2D eigenvalue weighted by molar-refractivity contribution is 0.0847. The highest BCUT2D eigenvalue weighted by Gasteiger charge is 2.12. The van der Waals surface area contributed by atoms with Crippen LogP contribution in [0.2, 0.25) is 0 Å². The van der Waals surface area contributed by atoms with E-state index in [1.165, 1.54) is 7.11 Å². The van der Waals surface area contributed by atoms with Gasteiger partial charge in [-0.25, -0.2) is 0 Å². The normalized spacial score (nSPS) is 10.3. The highest BCUT2D eigenvalue weighted by Crippen LogP contribution is 2.20. The summed E-state index contributed by atoms with van der Waals surface area (Å²) in [5.74, 6) is 0.0370. The average Bonchev–Trinajstić information content (AvgIpc) is 2.01. The molecule has 0 heterocycles. The Morgan fingerprint density at radius 2 is 1.86 bits per heavy atom. The number of Topliss-reactive ketones (excluding diaryl/α,β-unsaturated/α-hetero) is 1. The number of hydrogen-bond acceptors (Lipinski definition) is 2. The van der Waals surface area contributed by atoms with Crippen LogP contribution >= 0.6 is 15.9 Å². The summed E-state index contributed by atoms with van der Waals surface area (Å²) in [6, 6.07) is 3.88. The maximum atomic E-state index is 11.7. The van der Waals surface area contributed by atoms with Crippen LogP contribution in [-0.4, -0.2) is 19.5 Å². The maximum Gasteiger partial charge on any atom is 0.188 e. The van der Waals surface area contributed by atoms with Gasteiger partial charge < -0.3 is 4.74 Å². The van der Waals surface area contributed by atoms with E-state index in [9.17, 15) is 4.79 Å². The average molecular weight is 257 g/mol. The molecule has 1 rings (SSSR count). The quantitative estimate of drug-likeness (QED) is 0.778. The summed E-state index contributed by atoms with van der Waals surface area (Å²) in [6.45, 7) is 4.00. The lowest BCUT2D eigenvalue weighted by Crippen LogP contribution is -2.10. The van der Waals surface area contributed by atoms with Crippen molar-refractivity contribution in [3.63, 3.8) is 0 Å². The van der Waals surface area contributed by atoms with Crippen molar-refractivity contribution in [2.24, 2.45) is 0 Å². The number of rotatable bonds is 3. The zero-order chi connectivity index (χ0) is 10.7. The van der Waals surface area contributed by atoms with E-state index in [2.05, 4.69) is 15.9 Å². The van der Waals surface area contributed by atoms with Gasteiger partial charge in [0.05, 0.1) is 0 Å². The molecule has 2 nitrogen and oxygen atoms in total. The minimum atomic E-state index is 0.0370. The number of hydrogen-bond donors (Lipinski definition) is 0. The number of methoxy groups -OCH3 is 1. The summed E-state index contributed by atoms with van der Waals surface area (Å²) in [5.41, 5.74) is 2.74. The zero-order valence-corrected chi connectivity index (χ0v) is 10.1. The first-order chi connectivity index (χ1) is 6.56. The number of ether oxygens (including phenoxy) is 1. The summed E-state index contributed by atoms with van der Waals surface area (Å²) in [4.78, 5) is 11.7. The molecule has 76 valence electrons. The number of benzene rings is 1. The second-order valence-electron chi connectivity index (χ2n) is 3.27. The highest BCUT2D eigenvalue weighted by molar-refractivity contribution is 9.10. The molecule has 0 saturated carbocycles. The third-order valence-corrected chi connectivity index (χ3v) is 2.51. The first-order valence-electron chi connectivity index (χ1n) is 4.35. The van der Waals surface area contributed by atoms with Gasteiger partial charge in [-0.05, 0) is 37.1 Å². The van der Waals surface area contributed by atoms with E-state index in [-0.39, 0.29) is 12.4 Å². The molecule has 0 bridgehead atoms. The van der Waals surface area contributed by atoms with Crippen LogP contribution in [0, 0.1) is 13.8 Å². The Balaban J connectivity index is 3.14. The second kappa shape index (κ2) is 4.71. The molecule has 0 aliphatic heterocycles. The van der Waals surface area contributed by atoms with Crippen LogP contribution in [0.4, 0.5) is 0 Å². The number of halogens is 1. The van der Waals surface area contributed by atoms with E-state index in [1.807, 2.05) is 26.0 Å². The molecule has 0 saturated heterocycles. The smallest absolute Gasteiger partial charge is 0.188 e. The van der Waals surface area contributed by atoms with Gasteiger partial charge in [-0.3, -0.25) is 4.79 Å². The van der Waals surface area contributed by atoms with Crippen molar-refractivity contribution in [2.45, 2.75) is 13.8 Å². The summed E-state index contributed by atoms with van der Waals surface area (Å²) < 4.78 is 5.84. The largest absolute Gasteiger partial charge is 0.377 e. The van der Waals surface area contributed by atoms with Gasteiger partial charge in [-0.1, -0.05) is 15.9 Å². The van der Waals surface area contributed by atoms with Crippen LogP contribution in [0.25, 0.3) is 0 Å².